The van der Waals surface area contributed by atoms with Gasteiger partial charge in [-0.25, -0.2) is 0 Å². The van der Waals surface area contributed by atoms with Crippen molar-refractivity contribution in [2.24, 2.45) is 0 Å². The lowest BCUT2D eigenvalue weighted by Crippen LogP contribution is -2.10. The molecule has 0 saturated carbocycles. The summed E-state index contributed by atoms with van der Waals surface area (Å²) in [6.07, 6.45) is 13.6. The van der Waals surface area contributed by atoms with Crippen LogP contribution >= 0.6 is 0 Å². The van der Waals surface area contributed by atoms with Gasteiger partial charge in [0.05, 0.1) is 0 Å². The van der Waals surface area contributed by atoms with Gasteiger partial charge in [-0.2, -0.15) is 0 Å². The van der Waals surface area contributed by atoms with Crippen LogP contribution in [-0.2, 0) is 27.4 Å². The van der Waals surface area contributed by atoms with Gasteiger partial charge >= 0.3 is 0 Å². The van der Waals surface area contributed by atoms with Crippen LogP contribution in [0.4, 0.5) is 5.69 Å². The second-order valence-corrected chi connectivity index (χ2v) is 9.56. The van der Waals surface area contributed by atoms with Gasteiger partial charge < -0.3 is 24.5 Å². The number of hydrogen-bond donors (Lipinski definition) is 2. The minimum absolute atomic E-state index is 0.288. The fourth-order valence-corrected chi connectivity index (χ4v) is 5.11. The number of fused-ring (bicyclic) bond motifs is 1. The molecule has 1 aliphatic rings. The lowest BCUT2D eigenvalue weighted by atomic mass is 9.79. The summed E-state index contributed by atoms with van der Waals surface area (Å²) < 4.78 is 10.0. The SMILES string of the molecule is C#C.C=O.CNc1c(C)noc1-c1ccc(-c2ccc3c(c2)CCCC3CCCO)cc1.O=COCc1ccccc1. The third-order valence-electron chi connectivity index (χ3n) is 7.05. The molecule has 3 aromatic carbocycles. The van der Waals surface area contributed by atoms with E-state index in [1.54, 1.807) is 0 Å². The van der Waals surface area contributed by atoms with E-state index in [0.717, 1.165) is 47.5 Å². The van der Waals surface area contributed by atoms with Crippen LogP contribution in [-0.4, -0.2) is 37.2 Å². The Labute approximate surface area is 248 Å². The second kappa shape index (κ2) is 18.6. The Kier molecular flexibility index (Phi) is 14.9. The summed E-state index contributed by atoms with van der Waals surface area (Å²) in [5, 5.41) is 16.4. The fraction of sp³-hybridized carbons (Fsp3) is 0.286. The number of aliphatic hydroxyl groups is 1. The topological polar surface area (TPSA) is 102 Å². The Morgan fingerprint density at radius 1 is 1.05 bits per heavy atom. The van der Waals surface area contributed by atoms with Gasteiger partial charge in [0.15, 0.2) is 5.76 Å². The molecule has 2 N–H and O–H groups in total. The molecule has 0 spiro atoms. The van der Waals surface area contributed by atoms with Crippen molar-refractivity contribution in [1.82, 2.24) is 5.16 Å². The Balaban J connectivity index is 0.000000369. The minimum atomic E-state index is 0.288. The molecular formula is C35H40N2O5. The number of ether oxygens (including phenoxy) is 1. The van der Waals surface area contributed by atoms with Crippen molar-refractivity contribution in [3.8, 4) is 35.3 Å². The first-order valence-electron chi connectivity index (χ1n) is 13.8. The molecule has 1 heterocycles. The lowest BCUT2D eigenvalue weighted by molar-refractivity contribution is -0.129. The highest BCUT2D eigenvalue weighted by Crippen LogP contribution is 2.37. The van der Waals surface area contributed by atoms with Crippen LogP contribution in [0.15, 0.2) is 77.3 Å². The summed E-state index contributed by atoms with van der Waals surface area (Å²) >= 11 is 0. The minimum Gasteiger partial charge on any atom is -0.463 e. The first-order valence-corrected chi connectivity index (χ1v) is 13.8. The fourth-order valence-electron chi connectivity index (χ4n) is 5.11. The van der Waals surface area contributed by atoms with Gasteiger partial charge in [0.25, 0.3) is 6.47 Å². The summed E-state index contributed by atoms with van der Waals surface area (Å²) in [4.78, 5) is 17.8. The predicted octanol–water partition coefficient (Wildman–Crippen LogP) is 6.98. The van der Waals surface area contributed by atoms with Crippen LogP contribution in [0.2, 0.25) is 0 Å². The van der Waals surface area contributed by atoms with E-state index in [9.17, 15) is 4.79 Å². The van der Waals surface area contributed by atoms with Gasteiger partial charge in [-0.1, -0.05) is 78.0 Å². The highest BCUT2D eigenvalue weighted by Gasteiger charge is 2.20. The number of carbonyl (C=O) groups excluding carboxylic acids is 2. The average Bonchev–Trinajstić information content (AvgIpc) is 3.45. The number of aryl methyl sites for hydroxylation is 2. The first kappa shape index (κ1) is 33.5. The summed E-state index contributed by atoms with van der Waals surface area (Å²) in [5.41, 5.74) is 9.27. The summed E-state index contributed by atoms with van der Waals surface area (Å²) in [6.45, 7) is 5.04. The smallest absolute Gasteiger partial charge is 0.293 e. The Morgan fingerprint density at radius 3 is 2.36 bits per heavy atom. The molecule has 7 nitrogen and oxygen atoms in total. The van der Waals surface area contributed by atoms with E-state index in [-0.39, 0.29) is 6.61 Å². The quantitative estimate of drug-likeness (QED) is 0.166. The molecule has 4 aromatic rings. The van der Waals surface area contributed by atoms with Crippen molar-refractivity contribution in [3.05, 3.63) is 95.2 Å². The summed E-state index contributed by atoms with van der Waals surface area (Å²) in [6, 6.07) is 24.9. The number of terminal acetylenes is 1. The van der Waals surface area contributed by atoms with Gasteiger partial charge in [-0.05, 0) is 72.8 Å². The van der Waals surface area contributed by atoms with E-state index in [1.165, 1.54) is 35.1 Å². The van der Waals surface area contributed by atoms with Crippen molar-refractivity contribution in [3.63, 3.8) is 0 Å². The zero-order valence-electron chi connectivity index (χ0n) is 24.4. The van der Waals surface area contributed by atoms with Crippen LogP contribution in [0, 0.1) is 19.8 Å². The van der Waals surface area contributed by atoms with E-state index < -0.39 is 0 Å². The van der Waals surface area contributed by atoms with Gasteiger partial charge in [0.1, 0.15) is 24.8 Å². The zero-order valence-corrected chi connectivity index (χ0v) is 24.4. The number of carbonyl (C=O) groups is 2. The van der Waals surface area contributed by atoms with Gasteiger partial charge in [-0.15, -0.1) is 12.8 Å². The van der Waals surface area contributed by atoms with Gasteiger partial charge in [-0.3, -0.25) is 4.79 Å². The molecule has 0 aliphatic heterocycles. The van der Waals surface area contributed by atoms with Crippen LogP contribution in [0.25, 0.3) is 22.5 Å². The molecule has 0 saturated heterocycles. The molecule has 1 atom stereocenters. The highest BCUT2D eigenvalue weighted by atomic mass is 16.5. The number of nitrogens with zero attached hydrogens (tertiary/aromatic N) is 1. The largest absolute Gasteiger partial charge is 0.463 e. The number of benzene rings is 3. The van der Waals surface area contributed by atoms with E-state index >= 15 is 0 Å². The van der Waals surface area contributed by atoms with E-state index in [2.05, 4.69) is 70.5 Å². The Hall–Kier alpha value is -4.67. The molecule has 0 radical (unpaired) electrons. The third kappa shape index (κ3) is 9.18. The van der Waals surface area contributed by atoms with Crippen molar-refractivity contribution in [2.75, 3.05) is 19.0 Å². The van der Waals surface area contributed by atoms with E-state index in [4.69, 9.17) is 14.4 Å². The zero-order chi connectivity index (χ0) is 30.7. The van der Waals surface area contributed by atoms with Crippen molar-refractivity contribution in [2.45, 2.75) is 51.6 Å². The Morgan fingerprint density at radius 2 is 1.71 bits per heavy atom. The monoisotopic (exact) mass is 568 g/mol. The van der Waals surface area contributed by atoms with E-state index in [1.807, 2.05) is 51.1 Å². The number of aromatic nitrogens is 1. The van der Waals surface area contributed by atoms with Crippen LogP contribution in [0.1, 0.15) is 54.0 Å². The summed E-state index contributed by atoms with van der Waals surface area (Å²) in [7, 11) is 1.89. The first-order chi connectivity index (χ1) is 20.6. The number of hydrogen-bond acceptors (Lipinski definition) is 7. The van der Waals surface area contributed by atoms with Crippen LogP contribution < -0.4 is 5.32 Å². The standard InChI is InChI=1S/C24H28N2O2.C8H8O2.C2H2.CH2O/c1-16-23(25-2)24(28-26-16)19-10-8-17(9-11-19)20-12-13-22-18(7-4-14-27)5-3-6-21(22)15-20;9-7-10-6-8-4-2-1-3-5-8;2*1-2/h8-13,15,18,25,27H,3-7,14H2,1-2H3;1-5,7H,6H2;1-2H;1H2. The molecule has 1 aliphatic carbocycles. The van der Waals surface area contributed by atoms with Crippen LogP contribution in [0.3, 0.4) is 0 Å². The normalized spacial score (nSPS) is 12.9. The van der Waals surface area contributed by atoms with Crippen LogP contribution in [0.5, 0.6) is 0 Å². The third-order valence-corrected chi connectivity index (χ3v) is 7.05. The molecule has 0 amide bonds. The molecule has 42 heavy (non-hydrogen) atoms. The maximum atomic E-state index is 9.76. The number of nitrogens with one attached hydrogen (secondary N) is 1. The molecule has 0 bridgehead atoms. The Bertz CT molecular complexity index is 1360. The van der Waals surface area contributed by atoms with Crippen molar-refractivity contribution < 1.29 is 24.0 Å². The molecule has 220 valence electrons. The van der Waals surface area contributed by atoms with Gasteiger partial charge in [0, 0.05) is 19.2 Å². The lowest BCUT2D eigenvalue weighted by Gasteiger charge is -2.26. The van der Waals surface area contributed by atoms with Gasteiger partial charge in [0.2, 0.25) is 0 Å². The molecular weight excluding hydrogens is 528 g/mol. The van der Waals surface area contributed by atoms with Crippen molar-refractivity contribution in [1.29, 1.82) is 0 Å². The highest BCUT2D eigenvalue weighted by molar-refractivity contribution is 5.76. The predicted molar refractivity (Wildman–Crippen MR) is 168 cm³/mol. The number of rotatable bonds is 9. The number of anilines is 1. The molecule has 0 fully saturated rings. The van der Waals surface area contributed by atoms with Crippen molar-refractivity contribution >= 4 is 18.9 Å². The molecule has 7 heteroatoms. The molecule has 1 unspecified atom stereocenters. The second-order valence-electron chi connectivity index (χ2n) is 9.56. The maximum absolute atomic E-state index is 9.76. The average molecular weight is 569 g/mol. The van der Waals surface area contributed by atoms with E-state index in [0.29, 0.717) is 19.0 Å². The maximum Gasteiger partial charge on any atom is 0.293 e. The molecule has 5 rings (SSSR count). The number of aliphatic hydroxyl groups excluding tert-OH is 1. The summed E-state index contributed by atoms with van der Waals surface area (Å²) in [5.74, 6) is 1.38. The molecule has 1 aromatic heterocycles.